The molecule has 4 nitrogen and oxygen atoms in total. The Hall–Kier alpha value is -2.20. The van der Waals surface area contributed by atoms with Gasteiger partial charge in [0.2, 0.25) is 0 Å². The summed E-state index contributed by atoms with van der Waals surface area (Å²) in [6, 6.07) is 12.4. The van der Waals surface area contributed by atoms with E-state index in [1.807, 2.05) is 24.3 Å². The molecule has 2 aromatic carbocycles. The predicted octanol–water partition coefficient (Wildman–Crippen LogP) is 3.57. The normalized spacial score (nSPS) is 17.4. The molecular formula is C20H25NO3. The van der Waals surface area contributed by atoms with Gasteiger partial charge in [-0.1, -0.05) is 19.1 Å². The van der Waals surface area contributed by atoms with Crippen molar-refractivity contribution in [2.45, 2.75) is 25.8 Å². The molecule has 0 aromatic heterocycles. The fourth-order valence-corrected chi connectivity index (χ4v) is 3.57. The minimum absolute atomic E-state index is 0.198. The Morgan fingerprint density at radius 3 is 2.62 bits per heavy atom. The fourth-order valence-electron chi connectivity index (χ4n) is 3.57. The third-order valence-electron chi connectivity index (χ3n) is 4.90. The highest BCUT2D eigenvalue weighted by molar-refractivity contribution is 5.44. The molecule has 2 aromatic rings. The molecule has 128 valence electrons. The molecule has 0 radical (unpaired) electrons. The van der Waals surface area contributed by atoms with Crippen LogP contribution in [0.2, 0.25) is 0 Å². The summed E-state index contributed by atoms with van der Waals surface area (Å²) < 4.78 is 10.5. The van der Waals surface area contributed by atoms with Crippen molar-refractivity contribution in [3.05, 3.63) is 53.1 Å². The van der Waals surface area contributed by atoms with Gasteiger partial charge in [-0.2, -0.15) is 0 Å². The Bertz CT molecular complexity index is 714. The van der Waals surface area contributed by atoms with Crippen LogP contribution < -0.4 is 9.47 Å². The van der Waals surface area contributed by atoms with Crippen LogP contribution in [0.15, 0.2) is 36.4 Å². The number of phenols is 1. The van der Waals surface area contributed by atoms with Crippen molar-refractivity contribution in [1.29, 1.82) is 0 Å². The van der Waals surface area contributed by atoms with Crippen LogP contribution in [0.25, 0.3) is 0 Å². The lowest BCUT2D eigenvalue weighted by Gasteiger charge is -2.37. The summed E-state index contributed by atoms with van der Waals surface area (Å²) >= 11 is 0. The number of nitrogens with zero attached hydrogens (tertiary/aromatic N) is 1. The highest BCUT2D eigenvalue weighted by atomic mass is 16.5. The van der Waals surface area contributed by atoms with E-state index >= 15 is 0 Å². The quantitative estimate of drug-likeness (QED) is 0.911. The summed E-state index contributed by atoms with van der Waals surface area (Å²) in [5, 5.41) is 10.1. The molecular weight excluding hydrogens is 302 g/mol. The maximum atomic E-state index is 10.1. The van der Waals surface area contributed by atoms with Gasteiger partial charge in [0.1, 0.15) is 5.75 Å². The lowest BCUT2D eigenvalue weighted by Crippen LogP contribution is -2.36. The molecule has 1 unspecified atom stereocenters. The van der Waals surface area contributed by atoms with Gasteiger partial charge >= 0.3 is 0 Å². The van der Waals surface area contributed by atoms with Gasteiger partial charge in [-0.15, -0.1) is 0 Å². The van der Waals surface area contributed by atoms with Gasteiger partial charge in [0, 0.05) is 12.6 Å². The molecule has 0 saturated carbocycles. The number of likely N-dealkylation sites (N-methyl/N-ethyl adjacent to an activating group) is 1. The molecule has 1 N–H and O–H groups in total. The molecule has 1 atom stereocenters. The number of benzene rings is 2. The first-order valence-electron chi connectivity index (χ1n) is 8.43. The molecule has 0 fully saturated rings. The summed E-state index contributed by atoms with van der Waals surface area (Å²) in [5.74, 6) is 1.63. The first kappa shape index (κ1) is 16.7. The van der Waals surface area contributed by atoms with Crippen molar-refractivity contribution in [1.82, 2.24) is 4.90 Å². The molecule has 0 spiro atoms. The van der Waals surface area contributed by atoms with E-state index in [4.69, 9.17) is 9.47 Å². The maximum absolute atomic E-state index is 10.1. The van der Waals surface area contributed by atoms with Crippen molar-refractivity contribution >= 4 is 0 Å². The van der Waals surface area contributed by atoms with Crippen molar-refractivity contribution < 1.29 is 14.6 Å². The van der Waals surface area contributed by atoms with Crippen LogP contribution in [0, 0.1) is 0 Å². The molecule has 4 heteroatoms. The van der Waals surface area contributed by atoms with E-state index < -0.39 is 0 Å². The Labute approximate surface area is 143 Å². The van der Waals surface area contributed by atoms with Crippen molar-refractivity contribution in [3.63, 3.8) is 0 Å². The molecule has 1 heterocycles. The second kappa shape index (κ2) is 7.14. The zero-order chi connectivity index (χ0) is 17.1. The Morgan fingerprint density at radius 1 is 1.12 bits per heavy atom. The number of hydrogen-bond acceptors (Lipinski definition) is 4. The lowest BCUT2D eigenvalue weighted by atomic mass is 9.88. The molecule has 1 aliphatic rings. The van der Waals surface area contributed by atoms with Gasteiger partial charge in [0.25, 0.3) is 0 Å². The second-order valence-electron chi connectivity index (χ2n) is 6.17. The second-order valence-corrected chi connectivity index (χ2v) is 6.17. The van der Waals surface area contributed by atoms with Crippen LogP contribution in [-0.4, -0.2) is 37.3 Å². The summed E-state index contributed by atoms with van der Waals surface area (Å²) in [4.78, 5) is 2.50. The smallest absolute Gasteiger partial charge is 0.160 e. The number of phenolic OH excluding ortho intramolecular Hbond substituents is 1. The third-order valence-corrected chi connectivity index (χ3v) is 4.90. The molecule has 0 saturated heterocycles. The van der Waals surface area contributed by atoms with Gasteiger partial charge < -0.3 is 14.6 Å². The first-order chi connectivity index (χ1) is 11.7. The van der Waals surface area contributed by atoms with E-state index in [-0.39, 0.29) is 5.75 Å². The Kier molecular flexibility index (Phi) is 4.95. The van der Waals surface area contributed by atoms with Crippen molar-refractivity contribution in [3.8, 4) is 17.2 Å². The highest BCUT2D eigenvalue weighted by Gasteiger charge is 2.27. The molecule has 1 aliphatic heterocycles. The van der Waals surface area contributed by atoms with E-state index in [2.05, 4.69) is 24.0 Å². The monoisotopic (exact) mass is 327 g/mol. The largest absolute Gasteiger partial charge is 0.504 e. The van der Waals surface area contributed by atoms with E-state index in [1.54, 1.807) is 14.2 Å². The van der Waals surface area contributed by atoms with Crippen LogP contribution in [-0.2, 0) is 12.8 Å². The number of fused-ring (bicyclic) bond motifs is 1. The summed E-state index contributed by atoms with van der Waals surface area (Å²) in [6.07, 6.45) is 1.91. The minimum Gasteiger partial charge on any atom is -0.504 e. The molecule has 0 bridgehead atoms. The number of methoxy groups -OCH3 is 2. The topological polar surface area (TPSA) is 41.9 Å². The SMILES string of the molecule is CCN1CCc2cc(OC)ccc2C1Cc1ccc(OC)c(O)c1. The molecule has 0 aliphatic carbocycles. The zero-order valence-corrected chi connectivity index (χ0v) is 14.6. The molecule has 0 amide bonds. The van der Waals surface area contributed by atoms with Gasteiger partial charge in [0.15, 0.2) is 11.5 Å². The third kappa shape index (κ3) is 3.20. The maximum Gasteiger partial charge on any atom is 0.160 e. The van der Waals surface area contributed by atoms with Crippen LogP contribution >= 0.6 is 0 Å². The Morgan fingerprint density at radius 2 is 1.96 bits per heavy atom. The highest BCUT2D eigenvalue weighted by Crippen LogP contribution is 2.35. The summed E-state index contributed by atoms with van der Waals surface area (Å²) in [6.45, 7) is 4.26. The molecule has 24 heavy (non-hydrogen) atoms. The Balaban J connectivity index is 1.91. The van der Waals surface area contributed by atoms with Gasteiger partial charge in [-0.25, -0.2) is 0 Å². The van der Waals surface area contributed by atoms with Crippen LogP contribution in [0.3, 0.4) is 0 Å². The summed E-state index contributed by atoms with van der Waals surface area (Å²) in [7, 11) is 3.28. The lowest BCUT2D eigenvalue weighted by molar-refractivity contribution is 0.193. The first-order valence-corrected chi connectivity index (χ1v) is 8.43. The van der Waals surface area contributed by atoms with E-state index in [0.717, 1.165) is 37.2 Å². The number of ether oxygens (including phenoxy) is 2. The number of hydrogen-bond donors (Lipinski definition) is 1. The van der Waals surface area contributed by atoms with Crippen LogP contribution in [0.4, 0.5) is 0 Å². The number of rotatable bonds is 5. The van der Waals surface area contributed by atoms with Crippen molar-refractivity contribution in [2.75, 3.05) is 27.3 Å². The van der Waals surface area contributed by atoms with E-state index in [9.17, 15) is 5.11 Å². The van der Waals surface area contributed by atoms with E-state index in [0.29, 0.717) is 11.8 Å². The van der Waals surface area contributed by atoms with Crippen LogP contribution in [0.5, 0.6) is 17.2 Å². The predicted molar refractivity (Wildman–Crippen MR) is 95.0 cm³/mol. The van der Waals surface area contributed by atoms with Crippen molar-refractivity contribution in [2.24, 2.45) is 0 Å². The minimum atomic E-state index is 0.198. The van der Waals surface area contributed by atoms with Crippen LogP contribution in [0.1, 0.15) is 29.7 Å². The fraction of sp³-hybridized carbons (Fsp3) is 0.400. The zero-order valence-electron chi connectivity index (χ0n) is 14.6. The van der Waals surface area contributed by atoms with Gasteiger partial charge in [-0.05, 0) is 60.3 Å². The standard InChI is InChI=1S/C20H25NO3/c1-4-21-10-9-15-13-16(23-2)6-7-17(15)18(21)11-14-5-8-20(24-3)19(22)12-14/h5-8,12-13,18,22H,4,9-11H2,1-3H3. The summed E-state index contributed by atoms with van der Waals surface area (Å²) in [5.41, 5.74) is 3.83. The van der Waals surface area contributed by atoms with Gasteiger partial charge in [-0.3, -0.25) is 4.90 Å². The average molecular weight is 327 g/mol. The molecule has 3 rings (SSSR count). The van der Waals surface area contributed by atoms with E-state index in [1.165, 1.54) is 11.1 Å². The average Bonchev–Trinajstić information content (AvgIpc) is 2.61. The van der Waals surface area contributed by atoms with Gasteiger partial charge in [0.05, 0.1) is 14.2 Å². The number of aromatic hydroxyl groups is 1.